The lowest BCUT2D eigenvalue weighted by atomic mass is 10.1. The van der Waals surface area contributed by atoms with Crippen LogP contribution in [-0.2, 0) is 9.53 Å². The van der Waals surface area contributed by atoms with Crippen molar-refractivity contribution in [2.75, 3.05) is 32.8 Å². The third kappa shape index (κ3) is 2.95. The van der Waals surface area contributed by atoms with Crippen LogP contribution in [0.3, 0.4) is 0 Å². The van der Waals surface area contributed by atoms with Gasteiger partial charge in [-0.2, -0.15) is 0 Å². The number of nitrogens with zero attached hydrogens (tertiary/aromatic N) is 1. The summed E-state index contributed by atoms with van der Waals surface area (Å²) in [4.78, 5) is 14.0. The molecule has 0 aromatic carbocycles. The fraction of sp³-hybridized carbons (Fsp3) is 0.917. The zero-order valence-electron chi connectivity index (χ0n) is 10.1. The van der Waals surface area contributed by atoms with E-state index < -0.39 is 0 Å². The first-order valence-corrected chi connectivity index (χ1v) is 6.37. The van der Waals surface area contributed by atoms with Crippen molar-refractivity contribution in [2.24, 2.45) is 5.92 Å². The third-order valence-electron chi connectivity index (χ3n) is 3.52. The zero-order valence-corrected chi connectivity index (χ0v) is 10.1. The van der Waals surface area contributed by atoms with Gasteiger partial charge in [0.2, 0.25) is 5.91 Å². The summed E-state index contributed by atoms with van der Waals surface area (Å²) in [5.41, 5.74) is 0. The average molecular weight is 226 g/mol. The minimum absolute atomic E-state index is 0.0429. The van der Waals surface area contributed by atoms with Gasteiger partial charge in [-0.3, -0.25) is 4.79 Å². The Labute approximate surface area is 97.3 Å². The summed E-state index contributed by atoms with van der Waals surface area (Å²) in [5.74, 6) is 0.852. The molecule has 16 heavy (non-hydrogen) atoms. The number of ether oxygens (including phenoxy) is 1. The number of likely N-dealkylation sites (tertiary alicyclic amines) is 1. The quantitative estimate of drug-likeness (QED) is 0.764. The predicted octanol–water partition coefficient (Wildman–Crippen LogP) is 0.623. The molecule has 0 aromatic rings. The molecule has 0 spiro atoms. The fourth-order valence-electron chi connectivity index (χ4n) is 2.39. The number of hydrogen-bond donors (Lipinski definition) is 1. The topological polar surface area (TPSA) is 41.6 Å². The van der Waals surface area contributed by atoms with Crippen LogP contribution < -0.4 is 5.32 Å². The summed E-state index contributed by atoms with van der Waals surface area (Å²) in [6.45, 7) is 6.48. The number of hydrogen-bond acceptors (Lipinski definition) is 3. The van der Waals surface area contributed by atoms with E-state index in [0.717, 1.165) is 52.1 Å². The van der Waals surface area contributed by atoms with Crippen LogP contribution >= 0.6 is 0 Å². The minimum Gasteiger partial charge on any atom is -0.381 e. The molecular formula is C12H22N2O2. The van der Waals surface area contributed by atoms with Crippen LogP contribution in [0.2, 0.25) is 0 Å². The van der Waals surface area contributed by atoms with Crippen LogP contribution in [0.1, 0.15) is 26.2 Å². The van der Waals surface area contributed by atoms with Gasteiger partial charge >= 0.3 is 0 Å². The molecule has 0 saturated carbocycles. The molecule has 2 aliphatic heterocycles. The van der Waals surface area contributed by atoms with Crippen LogP contribution in [0.15, 0.2) is 0 Å². The first-order valence-electron chi connectivity index (χ1n) is 6.37. The van der Waals surface area contributed by atoms with Crippen molar-refractivity contribution >= 4 is 5.91 Å². The lowest BCUT2D eigenvalue weighted by molar-refractivity contribution is -0.132. The van der Waals surface area contributed by atoms with Gasteiger partial charge in [0.15, 0.2) is 0 Å². The van der Waals surface area contributed by atoms with Crippen molar-refractivity contribution < 1.29 is 9.53 Å². The Morgan fingerprint density at radius 2 is 2.25 bits per heavy atom. The number of rotatable bonds is 4. The second-order valence-corrected chi connectivity index (χ2v) is 4.89. The molecule has 0 aliphatic carbocycles. The number of amides is 1. The molecule has 2 atom stereocenters. The number of carbonyl (C=O) groups is 1. The molecule has 2 saturated heterocycles. The van der Waals surface area contributed by atoms with Gasteiger partial charge in [0.25, 0.3) is 0 Å². The zero-order chi connectivity index (χ0) is 11.4. The monoisotopic (exact) mass is 226 g/mol. The van der Waals surface area contributed by atoms with Gasteiger partial charge in [0, 0.05) is 26.2 Å². The maximum atomic E-state index is 12.0. The molecule has 4 nitrogen and oxygen atoms in total. The summed E-state index contributed by atoms with van der Waals surface area (Å²) < 4.78 is 5.31. The molecule has 0 aromatic heterocycles. The van der Waals surface area contributed by atoms with E-state index >= 15 is 0 Å². The smallest absolute Gasteiger partial charge is 0.239 e. The molecular weight excluding hydrogens is 204 g/mol. The predicted molar refractivity (Wildman–Crippen MR) is 62.2 cm³/mol. The maximum absolute atomic E-state index is 12.0. The van der Waals surface area contributed by atoms with Crippen LogP contribution in [0.5, 0.6) is 0 Å². The molecule has 1 N–H and O–H groups in total. The molecule has 2 aliphatic rings. The van der Waals surface area contributed by atoms with Crippen molar-refractivity contribution in [3.8, 4) is 0 Å². The Morgan fingerprint density at radius 1 is 1.50 bits per heavy atom. The summed E-state index contributed by atoms with van der Waals surface area (Å²) in [7, 11) is 0. The summed E-state index contributed by atoms with van der Waals surface area (Å²) in [6, 6.07) is -0.0429. The van der Waals surface area contributed by atoms with Gasteiger partial charge in [-0.25, -0.2) is 0 Å². The Morgan fingerprint density at radius 3 is 2.88 bits per heavy atom. The van der Waals surface area contributed by atoms with Crippen molar-refractivity contribution in [1.29, 1.82) is 0 Å². The molecule has 2 heterocycles. The molecule has 0 radical (unpaired) electrons. The van der Waals surface area contributed by atoms with Crippen LogP contribution in [-0.4, -0.2) is 49.7 Å². The van der Waals surface area contributed by atoms with Gasteiger partial charge in [-0.1, -0.05) is 0 Å². The molecule has 0 unspecified atom stereocenters. The first-order chi connectivity index (χ1) is 7.77. The van der Waals surface area contributed by atoms with E-state index in [1.807, 2.05) is 11.8 Å². The van der Waals surface area contributed by atoms with Gasteiger partial charge in [0.05, 0.1) is 12.6 Å². The minimum atomic E-state index is -0.0429. The second-order valence-electron chi connectivity index (χ2n) is 4.89. The molecule has 2 fully saturated rings. The Balaban J connectivity index is 1.69. The highest BCUT2D eigenvalue weighted by Crippen LogP contribution is 2.12. The van der Waals surface area contributed by atoms with Crippen molar-refractivity contribution in [3.63, 3.8) is 0 Å². The van der Waals surface area contributed by atoms with Crippen LogP contribution in [0.4, 0.5) is 0 Å². The standard InChI is InChI=1S/C12H22N2O2/c1-10(12(15)14-5-2-3-6-14)13-8-11-4-7-16-9-11/h10-11,13H,2-9H2,1H3/t10-,11-/m1/s1. The average Bonchev–Trinajstić information content (AvgIpc) is 2.96. The van der Waals surface area contributed by atoms with Gasteiger partial charge in [0.1, 0.15) is 0 Å². The van der Waals surface area contributed by atoms with E-state index in [9.17, 15) is 4.79 Å². The van der Waals surface area contributed by atoms with E-state index in [2.05, 4.69) is 5.32 Å². The molecule has 0 bridgehead atoms. The Bertz CT molecular complexity index is 233. The number of carbonyl (C=O) groups excluding carboxylic acids is 1. The van der Waals surface area contributed by atoms with Gasteiger partial charge < -0.3 is 15.0 Å². The summed E-state index contributed by atoms with van der Waals surface area (Å²) in [6.07, 6.45) is 3.45. The maximum Gasteiger partial charge on any atom is 0.239 e. The van der Waals surface area contributed by atoms with E-state index in [-0.39, 0.29) is 11.9 Å². The van der Waals surface area contributed by atoms with Crippen molar-refractivity contribution in [3.05, 3.63) is 0 Å². The van der Waals surface area contributed by atoms with Crippen LogP contribution in [0.25, 0.3) is 0 Å². The summed E-state index contributed by atoms with van der Waals surface area (Å²) in [5, 5.41) is 3.33. The van der Waals surface area contributed by atoms with Gasteiger partial charge in [-0.05, 0) is 32.1 Å². The second kappa shape index (κ2) is 5.64. The van der Waals surface area contributed by atoms with E-state index in [0.29, 0.717) is 5.92 Å². The lowest BCUT2D eigenvalue weighted by Crippen LogP contribution is -2.45. The Hall–Kier alpha value is -0.610. The van der Waals surface area contributed by atoms with Gasteiger partial charge in [-0.15, -0.1) is 0 Å². The molecule has 4 heteroatoms. The molecule has 1 amide bonds. The lowest BCUT2D eigenvalue weighted by Gasteiger charge is -2.22. The summed E-state index contributed by atoms with van der Waals surface area (Å²) >= 11 is 0. The van der Waals surface area contributed by atoms with E-state index in [1.165, 1.54) is 0 Å². The Kier molecular flexibility index (Phi) is 4.18. The number of nitrogens with one attached hydrogen (secondary N) is 1. The molecule has 2 rings (SSSR count). The van der Waals surface area contributed by atoms with E-state index in [1.54, 1.807) is 0 Å². The highest BCUT2D eigenvalue weighted by molar-refractivity contribution is 5.81. The highest BCUT2D eigenvalue weighted by atomic mass is 16.5. The highest BCUT2D eigenvalue weighted by Gasteiger charge is 2.24. The van der Waals surface area contributed by atoms with E-state index in [4.69, 9.17) is 4.74 Å². The normalized spacial score (nSPS) is 27.3. The van der Waals surface area contributed by atoms with Crippen molar-refractivity contribution in [2.45, 2.75) is 32.2 Å². The molecule has 92 valence electrons. The first kappa shape index (κ1) is 11.9. The van der Waals surface area contributed by atoms with Crippen LogP contribution in [0, 0.1) is 5.92 Å². The fourth-order valence-corrected chi connectivity index (χ4v) is 2.39. The van der Waals surface area contributed by atoms with Crippen molar-refractivity contribution in [1.82, 2.24) is 10.2 Å². The third-order valence-corrected chi connectivity index (χ3v) is 3.52. The SMILES string of the molecule is C[C@@H](NC[C@H]1CCOC1)C(=O)N1CCCC1. The largest absolute Gasteiger partial charge is 0.381 e.